The molecule has 0 bridgehead atoms. The number of hydrogen-bond donors (Lipinski definition) is 1. The van der Waals surface area contributed by atoms with E-state index in [1.54, 1.807) is 0 Å². The molecule has 14 heavy (non-hydrogen) atoms. The smallest absolute Gasteiger partial charge is 0.148 e. The number of aromatic nitrogens is 2. The first-order valence-corrected chi connectivity index (χ1v) is 5.10. The van der Waals surface area contributed by atoms with Gasteiger partial charge in [-0.3, -0.25) is 4.68 Å². The van der Waals surface area contributed by atoms with Gasteiger partial charge in [0.05, 0.1) is 0 Å². The number of rotatable bonds is 2. The monoisotopic (exact) mass is 195 g/mol. The van der Waals surface area contributed by atoms with Gasteiger partial charge in [-0.05, 0) is 12.8 Å². The molecule has 1 N–H and O–H groups in total. The minimum absolute atomic E-state index is 0.614. The average Bonchev–Trinajstić information content (AvgIpc) is 2.61. The number of anilines is 1. The summed E-state index contributed by atoms with van der Waals surface area (Å²) in [6, 6.07) is 2.13. The number of nitrogens with one attached hydrogen (secondary N) is 1. The first kappa shape index (κ1) is 9.52. The zero-order chi connectivity index (χ0) is 9.97. The predicted octanol–water partition coefficient (Wildman–Crippen LogP) is 1.36. The van der Waals surface area contributed by atoms with Crippen LogP contribution in [0.25, 0.3) is 0 Å². The predicted molar refractivity (Wildman–Crippen MR) is 55.5 cm³/mol. The van der Waals surface area contributed by atoms with E-state index in [1.807, 2.05) is 18.8 Å². The van der Waals surface area contributed by atoms with Gasteiger partial charge in [-0.1, -0.05) is 0 Å². The highest BCUT2D eigenvalue weighted by Gasteiger charge is 2.19. The molecule has 0 radical (unpaired) electrons. The summed E-state index contributed by atoms with van der Waals surface area (Å²) in [5.74, 6) is 1.57. The lowest BCUT2D eigenvalue weighted by Crippen LogP contribution is -2.16. The van der Waals surface area contributed by atoms with Gasteiger partial charge in [0.2, 0.25) is 0 Å². The van der Waals surface area contributed by atoms with E-state index in [1.165, 1.54) is 5.69 Å². The van der Waals surface area contributed by atoms with E-state index in [0.29, 0.717) is 5.92 Å². The number of aryl methyl sites for hydroxylation is 1. The van der Waals surface area contributed by atoms with Crippen molar-refractivity contribution in [2.75, 3.05) is 25.6 Å². The van der Waals surface area contributed by atoms with Crippen LogP contribution in [0, 0.1) is 0 Å². The van der Waals surface area contributed by atoms with Crippen LogP contribution in [-0.2, 0) is 11.8 Å². The van der Waals surface area contributed by atoms with E-state index >= 15 is 0 Å². The van der Waals surface area contributed by atoms with E-state index in [-0.39, 0.29) is 0 Å². The fraction of sp³-hybridized carbons (Fsp3) is 0.700. The Labute approximate surface area is 84.3 Å². The maximum absolute atomic E-state index is 5.35. The molecule has 0 aliphatic carbocycles. The van der Waals surface area contributed by atoms with Crippen LogP contribution in [0.4, 0.5) is 5.82 Å². The molecule has 4 heteroatoms. The second-order valence-corrected chi connectivity index (χ2v) is 3.71. The lowest BCUT2D eigenvalue weighted by Gasteiger charge is -2.21. The minimum atomic E-state index is 0.614. The highest BCUT2D eigenvalue weighted by atomic mass is 16.5. The summed E-state index contributed by atoms with van der Waals surface area (Å²) in [4.78, 5) is 0. The van der Waals surface area contributed by atoms with Crippen molar-refractivity contribution in [2.45, 2.75) is 18.8 Å². The lowest BCUT2D eigenvalue weighted by atomic mass is 9.96. The summed E-state index contributed by atoms with van der Waals surface area (Å²) >= 11 is 0. The van der Waals surface area contributed by atoms with Crippen LogP contribution in [-0.4, -0.2) is 30.0 Å². The molecule has 1 aromatic rings. The summed E-state index contributed by atoms with van der Waals surface area (Å²) in [5, 5.41) is 7.43. The van der Waals surface area contributed by atoms with Crippen molar-refractivity contribution in [1.82, 2.24) is 9.78 Å². The highest BCUT2D eigenvalue weighted by Crippen LogP contribution is 2.27. The normalized spacial score (nSPS) is 18.4. The SMILES string of the molecule is CNc1cc(C2CCOCC2)n(C)n1. The molecule has 1 aliphatic heterocycles. The zero-order valence-corrected chi connectivity index (χ0v) is 8.79. The third kappa shape index (κ3) is 1.75. The van der Waals surface area contributed by atoms with Crippen LogP contribution in [0.3, 0.4) is 0 Å². The Bertz CT molecular complexity index is 302. The van der Waals surface area contributed by atoms with Gasteiger partial charge in [0.1, 0.15) is 5.82 Å². The number of nitrogens with zero attached hydrogens (tertiary/aromatic N) is 2. The van der Waals surface area contributed by atoms with E-state index in [4.69, 9.17) is 4.74 Å². The fourth-order valence-electron chi connectivity index (χ4n) is 1.98. The molecule has 0 atom stereocenters. The molecule has 2 heterocycles. The molecule has 1 aliphatic rings. The van der Waals surface area contributed by atoms with Crippen LogP contribution in [0.2, 0.25) is 0 Å². The van der Waals surface area contributed by atoms with Crippen molar-refractivity contribution in [3.05, 3.63) is 11.8 Å². The van der Waals surface area contributed by atoms with Crippen molar-refractivity contribution in [1.29, 1.82) is 0 Å². The van der Waals surface area contributed by atoms with Crippen molar-refractivity contribution in [3.63, 3.8) is 0 Å². The molecule has 0 unspecified atom stereocenters. The standard InChI is InChI=1S/C10H17N3O/c1-11-10-7-9(13(2)12-10)8-3-5-14-6-4-8/h7-8H,3-6H2,1-2H3,(H,11,12). The van der Waals surface area contributed by atoms with E-state index in [2.05, 4.69) is 16.5 Å². The van der Waals surface area contributed by atoms with Crippen molar-refractivity contribution in [3.8, 4) is 0 Å². The molecule has 1 aromatic heterocycles. The summed E-state index contributed by atoms with van der Waals surface area (Å²) in [6.45, 7) is 1.76. The molecule has 78 valence electrons. The highest BCUT2D eigenvalue weighted by molar-refractivity contribution is 5.36. The Kier molecular flexibility index (Phi) is 2.72. The summed E-state index contributed by atoms with van der Waals surface area (Å²) in [6.07, 6.45) is 2.23. The topological polar surface area (TPSA) is 39.1 Å². The van der Waals surface area contributed by atoms with Crippen molar-refractivity contribution in [2.24, 2.45) is 7.05 Å². The fourth-order valence-corrected chi connectivity index (χ4v) is 1.98. The Balaban J connectivity index is 2.17. The minimum Gasteiger partial charge on any atom is -0.381 e. The van der Waals surface area contributed by atoms with Gasteiger partial charge >= 0.3 is 0 Å². The van der Waals surface area contributed by atoms with Gasteiger partial charge in [0, 0.05) is 45.0 Å². The quantitative estimate of drug-likeness (QED) is 0.774. The Hall–Kier alpha value is -1.03. The molecule has 4 nitrogen and oxygen atoms in total. The number of ether oxygens (including phenoxy) is 1. The van der Waals surface area contributed by atoms with E-state index < -0.39 is 0 Å². The Morgan fingerprint density at radius 2 is 2.21 bits per heavy atom. The molecular weight excluding hydrogens is 178 g/mol. The van der Waals surface area contributed by atoms with Crippen molar-refractivity contribution < 1.29 is 4.74 Å². The van der Waals surface area contributed by atoms with Gasteiger partial charge in [-0.2, -0.15) is 5.10 Å². The molecular formula is C10H17N3O. The van der Waals surface area contributed by atoms with Crippen LogP contribution in [0.5, 0.6) is 0 Å². The van der Waals surface area contributed by atoms with E-state index in [0.717, 1.165) is 31.9 Å². The molecule has 1 fully saturated rings. The van der Waals surface area contributed by atoms with Gasteiger partial charge in [-0.15, -0.1) is 0 Å². The van der Waals surface area contributed by atoms with Gasteiger partial charge < -0.3 is 10.1 Å². The first-order chi connectivity index (χ1) is 6.81. The molecule has 1 saturated heterocycles. The van der Waals surface area contributed by atoms with Crippen LogP contribution < -0.4 is 5.32 Å². The van der Waals surface area contributed by atoms with Crippen LogP contribution >= 0.6 is 0 Å². The molecule has 0 spiro atoms. The average molecular weight is 195 g/mol. The molecule has 0 aromatic carbocycles. The first-order valence-electron chi connectivity index (χ1n) is 5.10. The summed E-state index contributed by atoms with van der Waals surface area (Å²) < 4.78 is 7.32. The summed E-state index contributed by atoms with van der Waals surface area (Å²) in [5.41, 5.74) is 1.32. The Morgan fingerprint density at radius 1 is 1.50 bits per heavy atom. The molecule has 2 rings (SSSR count). The van der Waals surface area contributed by atoms with E-state index in [9.17, 15) is 0 Å². The third-order valence-electron chi connectivity index (χ3n) is 2.81. The second kappa shape index (κ2) is 4.00. The second-order valence-electron chi connectivity index (χ2n) is 3.71. The molecule has 0 saturated carbocycles. The van der Waals surface area contributed by atoms with Crippen LogP contribution in [0.15, 0.2) is 6.07 Å². The maximum atomic E-state index is 5.35. The zero-order valence-electron chi connectivity index (χ0n) is 8.79. The van der Waals surface area contributed by atoms with Crippen molar-refractivity contribution >= 4 is 5.82 Å². The van der Waals surface area contributed by atoms with Crippen LogP contribution in [0.1, 0.15) is 24.5 Å². The largest absolute Gasteiger partial charge is 0.381 e. The van der Waals surface area contributed by atoms with Gasteiger partial charge in [0.25, 0.3) is 0 Å². The third-order valence-corrected chi connectivity index (χ3v) is 2.81. The molecule has 0 amide bonds. The Morgan fingerprint density at radius 3 is 2.79 bits per heavy atom. The van der Waals surface area contributed by atoms with Gasteiger partial charge in [0.15, 0.2) is 0 Å². The van der Waals surface area contributed by atoms with Gasteiger partial charge in [-0.25, -0.2) is 0 Å². The maximum Gasteiger partial charge on any atom is 0.148 e. The lowest BCUT2D eigenvalue weighted by molar-refractivity contribution is 0.0837. The summed E-state index contributed by atoms with van der Waals surface area (Å²) in [7, 11) is 3.90. The number of hydrogen-bond acceptors (Lipinski definition) is 3.